The molecular weight excluding hydrogens is 1170 g/mol. The van der Waals surface area contributed by atoms with E-state index in [0.717, 1.165) is 72.9 Å². The van der Waals surface area contributed by atoms with Gasteiger partial charge in [-0.05, 0) is 12.8 Å². The number of nitrogens with zero attached hydrogens (tertiary/aromatic N) is 5. The number of benzene rings is 1. The molecule has 4 fully saturated rings. The third kappa shape index (κ3) is 13.9. The molecule has 0 spiro atoms. The summed E-state index contributed by atoms with van der Waals surface area (Å²) in [7, 11) is -4.89. The number of H-pyrrole nitrogens is 4. The van der Waals surface area contributed by atoms with Crippen molar-refractivity contribution < 1.29 is 86.5 Å². The zero-order chi connectivity index (χ0) is 61.0. The molecule has 4 aliphatic heterocycles. The Morgan fingerprint density at radius 2 is 0.884 bits per heavy atom. The fraction of sp³-hybridized carbons (Fsp3) is 0.500. The van der Waals surface area contributed by atoms with Crippen molar-refractivity contribution in [1.82, 2.24) is 43.4 Å². The van der Waals surface area contributed by atoms with E-state index in [1.807, 2.05) is 50.3 Å². The number of unbranched alkanes of at least 4 members (excludes halogenated alkanes) is 1. The highest BCUT2D eigenvalue weighted by atomic mass is 31.2. The second kappa shape index (κ2) is 26.8. The summed E-state index contributed by atoms with van der Waals surface area (Å²) in [4.78, 5) is 118. The van der Waals surface area contributed by atoms with Crippen molar-refractivity contribution in [3.8, 4) is 11.3 Å². The summed E-state index contributed by atoms with van der Waals surface area (Å²) in [5, 5.41) is 61.3. The van der Waals surface area contributed by atoms with Crippen LogP contribution >= 0.6 is 7.82 Å². The fourth-order valence-electron chi connectivity index (χ4n) is 10.1. The topological polar surface area (TPSA) is 476 Å². The van der Waals surface area contributed by atoms with Crippen molar-refractivity contribution >= 4 is 7.82 Å². The highest BCUT2D eigenvalue weighted by molar-refractivity contribution is 7.47. The molecule has 1 unspecified atom stereocenters. The lowest BCUT2D eigenvalue weighted by molar-refractivity contribution is -0.141. The van der Waals surface area contributed by atoms with Crippen LogP contribution in [-0.2, 0) is 58.1 Å². The Labute approximate surface area is 479 Å². The lowest BCUT2D eigenvalue weighted by Crippen LogP contribution is -2.45. The molecule has 0 amide bonds. The van der Waals surface area contributed by atoms with Crippen molar-refractivity contribution in [3.05, 3.63) is 175 Å². The molecule has 0 saturated carbocycles. The highest BCUT2D eigenvalue weighted by Crippen LogP contribution is 2.45. The average Bonchev–Trinajstić information content (AvgIpc) is 4.04. The second-order valence-corrected chi connectivity index (χ2v) is 21.5. The number of nitrogens with one attached hydrogen (secondary N) is 4. The minimum Gasteiger partial charge on any atom is -0.387 e. The van der Waals surface area contributed by atoms with Gasteiger partial charge in [0.25, 0.3) is 22.2 Å². The monoisotopic (exact) mass is 1230 g/mol. The molecule has 10 rings (SSSR count). The molecular formula is C50H58N9O26P. The van der Waals surface area contributed by atoms with Gasteiger partial charge in [0.1, 0.15) is 85.5 Å². The smallest absolute Gasteiger partial charge is 0.387 e. The van der Waals surface area contributed by atoms with E-state index in [0.29, 0.717) is 17.9 Å². The molecule has 1 aromatic carbocycles. The largest absolute Gasteiger partial charge is 0.472 e. The molecule has 464 valence electrons. The number of hydrogen-bond acceptors (Lipinski definition) is 26. The first-order valence-electron chi connectivity index (χ1n) is 26.6. The van der Waals surface area contributed by atoms with E-state index in [-0.39, 0.29) is 26.2 Å². The van der Waals surface area contributed by atoms with Crippen molar-refractivity contribution in [2.45, 2.75) is 118 Å². The summed E-state index contributed by atoms with van der Waals surface area (Å²) >= 11 is 0. The van der Waals surface area contributed by atoms with E-state index < -0.39 is 177 Å². The molecule has 4 saturated heterocycles. The van der Waals surface area contributed by atoms with Gasteiger partial charge in [-0.15, -0.1) is 0 Å². The minimum atomic E-state index is -4.89. The van der Waals surface area contributed by atoms with Crippen LogP contribution in [0.5, 0.6) is 0 Å². The second-order valence-electron chi connectivity index (χ2n) is 20.1. The fourth-order valence-corrected chi connectivity index (χ4v) is 10.9. The van der Waals surface area contributed by atoms with Crippen LogP contribution in [-0.4, -0.2) is 187 Å². The molecule has 10 N–H and O–H groups in total. The molecule has 9 heterocycles. The first-order valence-corrected chi connectivity index (χ1v) is 28.1. The first-order chi connectivity index (χ1) is 41.2. The maximum Gasteiger partial charge on any atom is 0.472 e. The molecule has 86 heavy (non-hydrogen) atoms. The third-order valence-electron chi connectivity index (χ3n) is 14.3. The Balaban J connectivity index is 0.829. The van der Waals surface area contributed by atoms with Crippen LogP contribution in [0.3, 0.4) is 0 Å². The summed E-state index contributed by atoms with van der Waals surface area (Å²) in [6.07, 6.45) is -21.5. The highest BCUT2D eigenvalue weighted by Gasteiger charge is 2.53. The van der Waals surface area contributed by atoms with Crippen LogP contribution in [0.2, 0.25) is 0 Å². The molecule has 0 aliphatic carbocycles. The summed E-state index contributed by atoms with van der Waals surface area (Å²) < 4.78 is 80.4. The van der Waals surface area contributed by atoms with E-state index in [1.165, 1.54) is 0 Å². The standard InChI is InChI=1S/C50H58N9O26P/c60-31-8-12-56(47(69)51-31)43-36(65)35(64)27(81-43)20-76-40-28(82-44(37(40)66)57-13-9-32(61)52-48(57)70)21-77-41-29(83-45(38(41)67)58-14-10-33(62)53-49(58)71)22-78-42-30(84-46(39(42)68)59-15-11-34(63)54-50(59)72)23-80-86(73,74)79-17-5-4-16-75-19-25-18-26(55-85-25)24-6-2-1-3-7-24/h1-3,6-15,18,27-30,35-46,64-68H,4-5,16-17,19-23H2,(H,73,74)(H,51,60,69)(H,52,61,70)(H,53,62,71)(H,54,63,72)/t27-,28-,29-,30-,35-,36-,37-,38-,39-,40-,41-,42-,43-,44-,45-,46-/m1/s1. The number of aromatic amines is 4. The Morgan fingerprint density at radius 3 is 1.33 bits per heavy atom. The summed E-state index contributed by atoms with van der Waals surface area (Å²) in [6.45, 7) is -2.85. The molecule has 0 radical (unpaired) electrons. The zero-order valence-electron chi connectivity index (χ0n) is 44.7. The number of hydrogen-bond donors (Lipinski definition) is 10. The van der Waals surface area contributed by atoms with Crippen LogP contribution in [0.1, 0.15) is 43.5 Å². The zero-order valence-corrected chi connectivity index (χ0v) is 45.6. The number of phosphoric ester groups is 1. The number of aromatic nitrogens is 9. The van der Waals surface area contributed by atoms with Crippen LogP contribution < -0.4 is 45.0 Å². The molecule has 35 nitrogen and oxygen atoms in total. The van der Waals surface area contributed by atoms with Gasteiger partial charge in [0.2, 0.25) is 0 Å². The van der Waals surface area contributed by atoms with Crippen LogP contribution in [0, 0.1) is 0 Å². The summed E-state index contributed by atoms with van der Waals surface area (Å²) in [5.41, 5.74) is -5.74. The van der Waals surface area contributed by atoms with Gasteiger partial charge in [0, 0.05) is 67.3 Å². The molecule has 36 heteroatoms. The average molecular weight is 1230 g/mol. The van der Waals surface area contributed by atoms with Crippen LogP contribution in [0.4, 0.5) is 0 Å². The van der Waals surface area contributed by atoms with E-state index >= 15 is 0 Å². The number of rotatable bonds is 25. The van der Waals surface area contributed by atoms with Gasteiger partial charge in [0.05, 0.1) is 33.0 Å². The minimum absolute atomic E-state index is 0.109. The molecule has 0 bridgehead atoms. The lowest BCUT2D eigenvalue weighted by Gasteiger charge is -2.27. The van der Waals surface area contributed by atoms with Gasteiger partial charge in [-0.3, -0.25) is 66.4 Å². The number of aliphatic hydroxyl groups excluding tert-OH is 5. The third-order valence-corrected chi connectivity index (χ3v) is 15.3. The summed E-state index contributed by atoms with van der Waals surface area (Å²) in [5.74, 6) is 0.480. The number of aliphatic hydroxyl groups is 5. The molecule has 4 aliphatic rings. The predicted molar refractivity (Wildman–Crippen MR) is 283 cm³/mol. The maximum absolute atomic E-state index is 13.2. The quantitative estimate of drug-likeness (QED) is 0.0191. The maximum atomic E-state index is 13.2. The van der Waals surface area contributed by atoms with Crippen molar-refractivity contribution in [2.75, 3.05) is 39.6 Å². The SMILES string of the molecule is O=c1ccn([C@@H]2O[C@H](CO[C@H]3[C@@H](O)[C@H](n4ccc(=O)[nH]c4=O)O[C@@H]3CO[C@H]3[C@@H](O)[C@H](n4ccc(=O)[nH]c4=O)O[C@@H]3CO[C@H]3[C@@H](O)[C@H](n4ccc(=O)[nH]c4=O)O[C@@H]3COP(=O)(O)OCCCCOCc3cc(-c4ccccc4)no3)[C@@H](O)[C@H]2O)c(=O)[nH]1. The Morgan fingerprint density at radius 1 is 0.488 bits per heavy atom. The molecule has 17 atom stereocenters. The Bertz CT molecular complexity index is 3840. The van der Waals surface area contributed by atoms with Crippen molar-refractivity contribution in [2.24, 2.45) is 0 Å². The van der Waals surface area contributed by atoms with E-state index in [4.69, 9.17) is 51.5 Å². The molecule has 5 aromatic heterocycles. The van der Waals surface area contributed by atoms with E-state index in [1.54, 1.807) is 6.07 Å². The van der Waals surface area contributed by atoms with Gasteiger partial charge in [-0.1, -0.05) is 35.5 Å². The molecule has 6 aromatic rings. The Kier molecular flexibility index (Phi) is 19.3. The van der Waals surface area contributed by atoms with E-state index in [2.05, 4.69) is 5.16 Å². The van der Waals surface area contributed by atoms with Gasteiger partial charge in [-0.2, -0.15) is 0 Å². The van der Waals surface area contributed by atoms with Gasteiger partial charge in [0.15, 0.2) is 30.7 Å². The predicted octanol–water partition coefficient (Wildman–Crippen LogP) is -4.48. The van der Waals surface area contributed by atoms with Gasteiger partial charge >= 0.3 is 30.6 Å². The lowest BCUT2D eigenvalue weighted by atomic mass is 10.1. The van der Waals surface area contributed by atoms with Crippen LogP contribution in [0.15, 0.2) is 128 Å². The normalized spacial score (nSPS) is 29.8. The number of phosphoric acid groups is 1. The summed E-state index contributed by atoms with van der Waals surface area (Å²) in [6, 6.07) is 14.9. The Hall–Kier alpha value is -7.26. The van der Waals surface area contributed by atoms with Gasteiger partial charge < -0.3 is 72.8 Å². The van der Waals surface area contributed by atoms with Gasteiger partial charge in [-0.25, -0.2) is 23.7 Å². The van der Waals surface area contributed by atoms with Crippen molar-refractivity contribution in [1.29, 1.82) is 0 Å². The van der Waals surface area contributed by atoms with Crippen molar-refractivity contribution in [3.63, 3.8) is 0 Å². The van der Waals surface area contributed by atoms with Crippen LogP contribution in [0.25, 0.3) is 11.3 Å². The van der Waals surface area contributed by atoms with E-state index in [9.17, 15) is 73.3 Å². The first kappa shape index (κ1) is 61.8. The number of ether oxygens (including phenoxy) is 8.